The zero-order valence-electron chi connectivity index (χ0n) is 36.2. The summed E-state index contributed by atoms with van der Waals surface area (Å²) in [6, 6.07) is 21.4. The first-order chi connectivity index (χ1) is 27.8. The lowest BCUT2D eigenvalue weighted by Gasteiger charge is -2.49. The van der Waals surface area contributed by atoms with Gasteiger partial charge in [-0.05, 0) is 77.3 Å². The van der Waals surface area contributed by atoms with Crippen molar-refractivity contribution in [3.63, 3.8) is 0 Å². The first-order valence-corrected chi connectivity index (χ1v) is 25.0. The molecule has 0 radical (unpaired) electrons. The normalized spacial score (nSPS) is 23.0. The van der Waals surface area contributed by atoms with Gasteiger partial charge in [-0.15, -0.1) is 0 Å². The van der Waals surface area contributed by atoms with Crippen LogP contribution in [-0.4, -0.2) is 95.3 Å². The van der Waals surface area contributed by atoms with Crippen LogP contribution >= 0.6 is 0 Å². The molecule has 3 aromatic rings. The standard InChI is InChI=1S/C46H68N2O8SSi/c1-31(2)58(32(3)4,33(5)6)56-44-28-47-27-43(45(44)36-15-13-35(14-16-36)29-53-30-38-26-42(38)52-9)55-46(57(49,50)39-18-11-34(7)12-19-39)37-17-20-41-40(25-37)48(22-24-54-41)21-10-23-51-8/h11-20,25,31-33,38,42-47H,10,21-24,26-30H2,1-9H3/t38?,42-,43-,44+,45+,46?/m0/s1. The van der Waals surface area contributed by atoms with Crippen LogP contribution in [0.4, 0.5) is 5.69 Å². The van der Waals surface area contributed by atoms with Gasteiger partial charge >= 0.3 is 0 Å². The maximum absolute atomic E-state index is 15.0. The molecule has 320 valence electrons. The summed E-state index contributed by atoms with van der Waals surface area (Å²) in [5.74, 6) is 0.963. The third-order valence-electron chi connectivity index (χ3n) is 12.6. The summed E-state index contributed by atoms with van der Waals surface area (Å²) in [6.07, 6.45) is 1.43. The number of hydrogen-bond donors (Lipinski definition) is 1. The zero-order valence-corrected chi connectivity index (χ0v) is 38.1. The highest BCUT2D eigenvalue weighted by Crippen LogP contribution is 2.47. The molecule has 58 heavy (non-hydrogen) atoms. The van der Waals surface area contributed by atoms with E-state index in [0.717, 1.165) is 47.5 Å². The van der Waals surface area contributed by atoms with Gasteiger partial charge in [-0.1, -0.05) is 89.6 Å². The maximum Gasteiger partial charge on any atom is 0.209 e. The van der Waals surface area contributed by atoms with E-state index in [0.29, 0.717) is 80.3 Å². The minimum Gasteiger partial charge on any atom is -0.490 e. The summed E-state index contributed by atoms with van der Waals surface area (Å²) >= 11 is 0. The van der Waals surface area contributed by atoms with Crippen molar-refractivity contribution in [2.45, 2.75) is 119 Å². The second-order valence-electron chi connectivity index (χ2n) is 17.5. The summed E-state index contributed by atoms with van der Waals surface area (Å²) < 4.78 is 67.7. The number of anilines is 1. The molecule has 2 heterocycles. The molecule has 1 saturated carbocycles. The van der Waals surface area contributed by atoms with E-state index in [1.807, 2.05) is 37.3 Å². The van der Waals surface area contributed by atoms with Crippen molar-refractivity contribution in [2.75, 3.05) is 65.1 Å². The van der Waals surface area contributed by atoms with Gasteiger partial charge in [-0.2, -0.15) is 0 Å². The minimum absolute atomic E-state index is 0.223. The molecule has 2 aliphatic heterocycles. The van der Waals surface area contributed by atoms with Gasteiger partial charge in [-0.25, -0.2) is 8.42 Å². The average Bonchev–Trinajstić information content (AvgIpc) is 3.97. The highest BCUT2D eigenvalue weighted by molar-refractivity contribution is 7.91. The van der Waals surface area contributed by atoms with Gasteiger partial charge in [0.2, 0.25) is 18.2 Å². The number of fused-ring (bicyclic) bond motifs is 1. The molecule has 0 amide bonds. The van der Waals surface area contributed by atoms with Gasteiger partial charge in [0, 0.05) is 52.3 Å². The number of methoxy groups -OCH3 is 2. The van der Waals surface area contributed by atoms with E-state index in [-0.39, 0.29) is 16.9 Å². The number of nitrogens with zero attached hydrogens (tertiary/aromatic N) is 1. The van der Waals surface area contributed by atoms with E-state index in [2.05, 4.69) is 76.0 Å². The summed E-state index contributed by atoms with van der Waals surface area (Å²) in [7, 11) is -2.95. The van der Waals surface area contributed by atoms with Crippen molar-refractivity contribution in [2.24, 2.45) is 5.92 Å². The van der Waals surface area contributed by atoms with Crippen molar-refractivity contribution >= 4 is 23.8 Å². The van der Waals surface area contributed by atoms with Crippen LogP contribution in [0.25, 0.3) is 0 Å². The van der Waals surface area contributed by atoms with E-state index in [1.165, 1.54) is 0 Å². The predicted molar refractivity (Wildman–Crippen MR) is 233 cm³/mol. The van der Waals surface area contributed by atoms with E-state index in [9.17, 15) is 8.42 Å². The van der Waals surface area contributed by atoms with Gasteiger partial charge in [0.15, 0.2) is 5.44 Å². The number of benzene rings is 3. The fraction of sp³-hybridized carbons (Fsp3) is 0.609. The first-order valence-electron chi connectivity index (χ1n) is 21.3. The minimum atomic E-state index is -4.05. The monoisotopic (exact) mass is 836 g/mol. The number of hydrogen-bond acceptors (Lipinski definition) is 10. The highest BCUT2D eigenvalue weighted by atomic mass is 32.2. The van der Waals surface area contributed by atoms with Crippen LogP contribution in [0, 0.1) is 12.8 Å². The van der Waals surface area contributed by atoms with Crippen LogP contribution in [0.1, 0.15) is 88.0 Å². The second kappa shape index (κ2) is 19.7. The Bertz CT molecular complexity index is 1850. The van der Waals surface area contributed by atoms with Gasteiger partial charge in [-0.3, -0.25) is 0 Å². The van der Waals surface area contributed by atoms with E-state index in [1.54, 1.807) is 26.4 Å². The Labute approximate surface area is 349 Å². The van der Waals surface area contributed by atoms with Gasteiger partial charge in [0.05, 0.1) is 48.7 Å². The Hall–Kier alpha value is -2.81. The molecule has 2 fully saturated rings. The lowest BCUT2D eigenvalue weighted by atomic mass is 9.85. The summed E-state index contributed by atoms with van der Waals surface area (Å²) in [4.78, 5) is 2.48. The van der Waals surface area contributed by atoms with Gasteiger partial charge < -0.3 is 38.3 Å². The first kappa shape index (κ1) is 44.7. The molecule has 2 unspecified atom stereocenters. The molecular formula is C46H68N2O8SSi. The summed E-state index contributed by atoms with van der Waals surface area (Å²) in [5.41, 5.74) is 4.40. The van der Waals surface area contributed by atoms with Crippen LogP contribution in [-0.2, 0) is 39.8 Å². The van der Waals surface area contributed by atoms with E-state index >= 15 is 0 Å². The number of piperidine rings is 1. The molecule has 0 bridgehead atoms. The SMILES string of the molecule is COCCCN1CCOc2ccc(C(O[C@H]3CNC[C@@H](O[Si](C(C)C)(C(C)C)C(C)C)[C@@H]3c3ccc(COCC4C[C@@H]4OC)cc3)S(=O)(=O)c3ccc(C)cc3)cc21. The number of aryl methyl sites for hydroxylation is 1. The van der Waals surface area contributed by atoms with Crippen LogP contribution < -0.4 is 15.0 Å². The lowest BCUT2D eigenvalue weighted by Crippen LogP contribution is -2.58. The molecule has 1 N–H and O–H groups in total. The van der Waals surface area contributed by atoms with Crippen molar-refractivity contribution in [3.8, 4) is 5.75 Å². The Morgan fingerprint density at radius 1 is 0.879 bits per heavy atom. The molecule has 1 aliphatic carbocycles. The lowest BCUT2D eigenvalue weighted by molar-refractivity contribution is -0.0365. The van der Waals surface area contributed by atoms with Crippen LogP contribution in [0.3, 0.4) is 0 Å². The predicted octanol–water partition coefficient (Wildman–Crippen LogP) is 8.59. The Balaban J connectivity index is 1.39. The number of rotatable bonds is 20. The number of ether oxygens (including phenoxy) is 5. The summed E-state index contributed by atoms with van der Waals surface area (Å²) in [5, 5.41) is 3.64. The number of sulfone groups is 1. The van der Waals surface area contributed by atoms with Gasteiger partial charge in [0.1, 0.15) is 12.4 Å². The second-order valence-corrected chi connectivity index (χ2v) is 24.9. The van der Waals surface area contributed by atoms with Crippen molar-refractivity contribution < 1.29 is 36.5 Å². The molecule has 6 atom stereocenters. The van der Waals surface area contributed by atoms with E-state index < -0.39 is 29.7 Å². The van der Waals surface area contributed by atoms with Crippen LogP contribution in [0.15, 0.2) is 71.6 Å². The molecular weight excluding hydrogens is 769 g/mol. The fourth-order valence-electron chi connectivity index (χ4n) is 9.47. The molecule has 1 saturated heterocycles. The largest absolute Gasteiger partial charge is 0.490 e. The van der Waals surface area contributed by atoms with Crippen molar-refractivity contribution in [1.82, 2.24) is 5.32 Å². The molecule has 0 spiro atoms. The third kappa shape index (κ3) is 10.0. The smallest absolute Gasteiger partial charge is 0.209 e. The third-order valence-corrected chi connectivity index (χ3v) is 20.6. The molecule has 0 aromatic heterocycles. The average molecular weight is 837 g/mol. The fourth-order valence-corrected chi connectivity index (χ4v) is 16.6. The Morgan fingerprint density at radius 3 is 2.21 bits per heavy atom. The molecule has 6 rings (SSSR count). The highest BCUT2D eigenvalue weighted by Gasteiger charge is 2.50. The maximum atomic E-state index is 15.0. The topological polar surface area (TPSA) is 105 Å². The summed E-state index contributed by atoms with van der Waals surface area (Å²) in [6.45, 7) is 20.8. The molecule has 12 heteroatoms. The Morgan fingerprint density at radius 2 is 1.57 bits per heavy atom. The van der Waals surface area contributed by atoms with E-state index in [4.69, 9.17) is 28.1 Å². The van der Waals surface area contributed by atoms with Crippen LogP contribution in [0.2, 0.25) is 16.6 Å². The molecule has 10 nitrogen and oxygen atoms in total. The van der Waals surface area contributed by atoms with Crippen molar-refractivity contribution in [3.05, 3.63) is 89.0 Å². The Kier molecular flexibility index (Phi) is 15.2. The quantitative estimate of drug-likeness (QED) is 0.0880. The number of nitrogens with one attached hydrogen (secondary N) is 1. The van der Waals surface area contributed by atoms with Crippen molar-refractivity contribution in [1.29, 1.82) is 0 Å². The molecule has 3 aliphatic rings. The van der Waals surface area contributed by atoms with Crippen LogP contribution in [0.5, 0.6) is 5.75 Å². The van der Waals surface area contributed by atoms with Gasteiger partial charge in [0.25, 0.3) is 0 Å². The zero-order chi connectivity index (χ0) is 41.6. The molecule has 3 aromatic carbocycles.